The van der Waals surface area contributed by atoms with Gasteiger partial charge >= 0.3 is 0 Å². The van der Waals surface area contributed by atoms with Crippen LogP contribution in [0.2, 0.25) is 5.02 Å². The normalized spacial score (nSPS) is 11.1. The van der Waals surface area contributed by atoms with E-state index in [1.807, 2.05) is 45.3 Å². The highest BCUT2D eigenvalue weighted by Gasteiger charge is 2.10. The van der Waals surface area contributed by atoms with Crippen molar-refractivity contribution in [3.8, 4) is 11.5 Å². The molecule has 0 aliphatic rings. The number of nitrogens with one attached hydrogen (secondary N) is 1. The van der Waals surface area contributed by atoms with Gasteiger partial charge in [-0.15, -0.1) is 0 Å². The Morgan fingerprint density at radius 2 is 1.93 bits per heavy atom. The molecule has 0 fully saturated rings. The summed E-state index contributed by atoms with van der Waals surface area (Å²) in [5.74, 6) is 0.816. The number of carbonyl (C=O) groups is 1. The van der Waals surface area contributed by atoms with Gasteiger partial charge in [-0.05, 0) is 68.9 Å². The average Bonchev–Trinajstić information content (AvgIpc) is 2.66. The van der Waals surface area contributed by atoms with Gasteiger partial charge in [0.05, 0.1) is 18.7 Å². The van der Waals surface area contributed by atoms with Gasteiger partial charge in [0.25, 0.3) is 0 Å². The fourth-order valence-corrected chi connectivity index (χ4v) is 2.90. The van der Waals surface area contributed by atoms with E-state index >= 15 is 0 Å². The van der Waals surface area contributed by atoms with Crippen LogP contribution in [0.3, 0.4) is 0 Å². The number of halogens is 1. The van der Waals surface area contributed by atoms with E-state index in [4.69, 9.17) is 21.1 Å². The highest BCUT2D eigenvalue weighted by molar-refractivity contribution is 6.32. The minimum Gasteiger partial charge on any atom is -0.491 e. The monoisotopic (exact) mass is 402 g/mol. The number of anilines is 1. The van der Waals surface area contributed by atoms with Crippen LogP contribution in [0.25, 0.3) is 6.08 Å². The maximum atomic E-state index is 12.2. The van der Waals surface area contributed by atoms with Crippen molar-refractivity contribution in [2.75, 3.05) is 39.7 Å². The molecule has 0 aliphatic carbocycles. The third kappa shape index (κ3) is 6.59. The Labute approximate surface area is 171 Å². The number of likely N-dealkylation sites (N-methyl/N-ethyl adjacent to an activating group) is 1. The zero-order chi connectivity index (χ0) is 20.5. The molecule has 0 spiro atoms. The first-order valence-electron chi connectivity index (χ1n) is 9.16. The average molecular weight is 403 g/mol. The van der Waals surface area contributed by atoms with Crippen molar-refractivity contribution >= 4 is 29.3 Å². The first-order valence-corrected chi connectivity index (χ1v) is 9.53. The molecule has 0 saturated carbocycles. The number of methoxy groups -OCH3 is 1. The lowest BCUT2D eigenvalue weighted by Crippen LogP contribution is -2.15. The first-order chi connectivity index (χ1) is 13.4. The Morgan fingerprint density at radius 3 is 2.54 bits per heavy atom. The Morgan fingerprint density at radius 1 is 1.21 bits per heavy atom. The number of hydrogen-bond acceptors (Lipinski definition) is 4. The molecule has 0 unspecified atom stereocenters. The van der Waals surface area contributed by atoms with Crippen LogP contribution in [0.1, 0.15) is 18.1 Å². The fourth-order valence-electron chi connectivity index (χ4n) is 2.61. The molecule has 5 nitrogen and oxygen atoms in total. The summed E-state index contributed by atoms with van der Waals surface area (Å²) in [4.78, 5) is 14.4. The van der Waals surface area contributed by atoms with Crippen molar-refractivity contribution in [3.05, 3.63) is 58.6 Å². The topological polar surface area (TPSA) is 50.8 Å². The van der Waals surface area contributed by atoms with Crippen LogP contribution in [-0.4, -0.2) is 45.2 Å². The van der Waals surface area contributed by atoms with Crippen molar-refractivity contribution in [1.29, 1.82) is 0 Å². The predicted octanol–water partition coefficient (Wildman–Crippen LogP) is 4.50. The molecule has 2 aromatic rings. The van der Waals surface area contributed by atoms with Crippen LogP contribution in [0.4, 0.5) is 5.69 Å². The molecule has 0 aliphatic heterocycles. The van der Waals surface area contributed by atoms with E-state index in [0.717, 1.165) is 24.2 Å². The number of ether oxygens (including phenoxy) is 2. The molecule has 0 heterocycles. The summed E-state index contributed by atoms with van der Waals surface area (Å²) >= 11 is 6.23. The van der Waals surface area contributed by atoms with Crippen LogP contribution in [0.15, 0.2) is 42.5 Å². The summed E-state index contributed by atoms with van der Waals surface area (Å²) in [7, 11) is 5.64. The van der Waals surface area contributed by atoms with Crippen LogP contribution in [0.5, 0.6) is 11.5 Å². The first kappa shape index (κ1) is 21.8. The molecule has 0 saturated heterocycles. The maximum Gasteiger partial charge on any atom is 0.248 e. The van der Waals surface area contributed by atoms with Gasteiger partial charge in [-0.1, -0.05) is 23.7 Å². The van der Waals surface area contributed by atoms with E-state index in [0.29, 0.717) is 23.1 Å². The van der Waals surface area contributed by atoms with E-state index in [-0.39, 0.29) is 5.91 Å². The Kier molecular flexibility index (Phi) is 8.36. The molecule has 0 aromatic heterocycles. The Balaban J connectivity index is 2.01. The van der Waals surface area contributed by atoms with Crippen LogP contribution < -0.4 is 14.8 Å². The molecule has 0 atom stereocenters. The summed E-state index contributed by atoms with van der Waals surface area (Å²) in [6.45, 7) is 3.36. The van der Waals surface area contributed by atoms with Gasteiger partial charge in [-0.3, -0.25) is 4.79 Å². The van der Waals surface area contributed by atoms with Gasteiger partial charge < -0.3 is 19.7 Å². The maximum absolute atomic E-state index is 12.2. The molecule has 6 heteroatoms. The lowest BCUT2D eigenvalue weighted by molar-refractivity contribution is -0.111. The zero-order valence-corrected chi connectivity index (χ0v) is 17.5. The largest absolute Gasteiger partial charge is 0.491 e. The molecule has 1 N–H and O–H groups in total. The number of hydrogen-bond donors (Lipinski definition) is 1. The summed E-state index contributed by atoms with van der Waals surface area (Å²) in [5.41, 5.74) is 2.74. The molecular weight excluding hydrogens is 376 g/mol. The summed E-state index contributed by atoms with van der Waals surface area (Å²) in [6, 6.07) is 11.4. The number of amides is 1. The van der Waals surface area contributed by atoms with Crippen LogP contribution in [0, 0.1) is 0 Å². The van der Waals surface area contributed by atoms with Gasteiger partial charge in [-0.25, -0.2) is 0 Å². The Bertz CT molecular complexity index is 817. The van der Waals surface area contributed by atoms with Crippen molar-refractivity contribution < 1.29 is 14.3 Å². The van der Waals surface area contributed by atoms with Gasteiger partial charge in [0.2, 0.25) is 5.91 Å². The van der Waals surface area contributed by atoms with Gasteiger partial charge in [-0.2, -0.15) is 0 Å². The molecule has 2 rings (SSSR count). The molecule has 0 bridgehead atoms. The molecule has 0 radical (unpaired) electrons. The number of rotatable bonds is 9. The number of benzene rings is 2. The molecule has 2 aromatic carbocycles. The van der Waals surface area contributed by atoms with E-state index < -0.39 is 0 Å². The van der Waals surface area contributed by atoms with E-state index in [1.54, 1.807) is 25.3 Å². The van der Waals surface area contributed by atoms with Crippen LogP contribution in [-0.2, 0) is 11.2 Å². The minimum absolute atomic E-state index is 0.217. The second kappa shape index (κ2) is 10.7. The molecule has 150 valence electrons. The molecule has 1 amide bonds. The second-order valence-electron chi connectivity index (χ2n) is 6.54. The summed E-state index contributed by atoms with van der Waals surface area (Å²) in [6.07, 6.45) is 4.13. The van der Waals surface area contributed by atoms with Gasteiger partial charge in [0.15, 0.2) is 11.5 Å². The van der Waals surface area contributed by atoms with Crippen molar-refractivity contribution in [2.24, 2.45) is 0 Å². The summed E-state index contributed by atoms with van der Waals surface area (Å²) in [5, 5.41) is 3.29. The van der Waals surface area contributed by atoms with Crippen molar-refractivity contribution in [1.82, 2.24) is 4.90 Å². The highest BCUT2D eigenvalue weighted by Crippen LogP contribution is 2.36. The van der Waals surface area contributed by atoms with Crippen LogP contribution >= 0.6 is 11.6 Å². The fraction of sp³-hybridized carbons (Fsp3) is 0.318. The van der Waals surface area contributed by atoms with Crippen molar-refractivity contribution in [3.63, 3.8) is 0 Å². The third-order valence-corrected chi connectivity index (χ3v) is 4.31. The second-order valence-corrected chi connectivity index (χ2v) is 6.95. The highest BCUT2D eigenvalue weighted by atomic mass is 35.5. The van der Waals surface area contributed by atoms with Gasteiger partial charge in [0.1, 0.15) is 0 Å². The van der Waals surface area contributed by atoms with Crippen molar-refractivity contribution in [2.45, 2.75) is 13.3 Å². The lowest BCUT2D eigenvalue weighted by atomic mass is 10.1. The van der Waals surface area contributed by atoms with E-state index in [1.165, 1.54) is 11.6 Å². The molecule has 28 heavy (non-hydrogen) atoms. The predicted molar refractivity (Wildman–Crippen MR) is 116 cm³/mol. The standard InChI is InChI=1S/C22H27ClN2O3/c1-5-28-20-15-17(14-19(23)22(20)27-4)8-11-21(26)24-18-9-6-16(7-10-18)12-13-25(2)3/h6-11,14-15H,5,12-13H2,1-4H3,(H,24,26)/b11-8+. The Hall–Kier alpha value is -2.50. The number of nitrogens with zero attached hydrogens (tertiary/aromatic N) is 1. The van der Waals surface area contributed by atoms with E-state index in [2.05, 4.69) is 10.2 Å². The SMILES string of the molecule is CCOc1cc(/C=C/C(=O)Nc2ccc(CCN(C)C)cc2)cc(Cl)c1OC. The zero-order valence-electron chi connectivity index (χ0n) is 16.8. The quantitative estimate of drug-likeness (QED) is 0.627. The van der Waals surface area contributed by atoms with E-state index in [9.17, 15) is 4.79 Å². The minimum atomic E-state index is -0.217. The number of carbonyl (C=O) groups excluding carboxylic acids is 1. The van der Waals surface area contributed by atoms with Gasteiger partial charge in [0, 0.05) is 18.3 Å². The summed E-state index contributed by atoms with van der Waals surface area (Å²) < 4.78 is 10.8. The molecular formula is C22H27ClN2O3. The lowest BCUT2D eigenvalue weighted by Gasteiger charge is -2.11. The third-order valence-electron chi connectivity index (χ3n) is 4.03. The smallest absolute Gasteiger partial charge is 0.248 e.